The van der Waals surface area contributed by atoms with Gasteiger partial charge in [-0.05, 0) is 17.2 Å². The van der Waals surface area contributed by atoms with E-state index in [9.17, 15) is 0 Å². The number of hydrogen-bond acceptors (Lipinski definition) is 4. The molecule has 1 heterocycles. The molecule has 0 saturated heterocycles. The number of ether oxygens (including phenoxy) is 1. The molecule has 0 radical (unpaired) electrons. The van der Waals surface area contributed by atoms with Gasteiger partial charge in [0.15, 0.2) is 5.96 Å². The Morgan fingerprint density at radius 1 is 1.17 bits per heavy atom. The number of aliphatic imine (C=N–C) groups is 1. The zero-order chi connectivity index (χ0) is 19.8. The SMILES string of the molecule is CN=C(NCc1cccc(Cn2cncn2)c1)N(C)Cc1ccccc1OC.I. The van der Waals surface area contributed by atoms with Crippen LogP contribution in [0.3, 0.4) is 0 Å². The van der Waals surface area contributed by atoms with Gasteiger partial charge in [0.05, 0.1) is 13.7 Å². The number of halogens is 1. The zero-order valence-corrected chi connectivity index (χ0v) is 19.3. The van der Waals surface area contributed by atoms with Crippen molar-refractivity contribution in [3.8, 4) is 5.75 Å². The summed E-state index contributed by atoms with van der Waals surface area (Å²) in [6.07, 6.45) is 3.27. The molecule has 0 aliphatic heterocycles. The number of methoxy groups -OCH3 is 1. The predicted octanol–water partition coefficient (Wildman–Crippen LogP) is 3.16. The first kappa shape index (κ1) is 22.7. The molecule has 154 valence electrons. The molecule has 0 spiro atoms. The van der Waals surface area contributed by atoms with Gasteiger partial charge in [0.1, 0.15) is 18.4 Å². The molecule has 3 rings (SSSR count). The van der Waals surface area contributed by atoms with Crippen LogP contribution in [0.25, 0.3) is 0 Å². The summed E-state index contributed by atoms with van der Waals surface area (Å²) in [7, 11) is 5.50. The van der Waals surface area contributed by atoms with Crippen molar-refractivity contribution in [2.24, 2.45) is 4.99 Å². The molecule has 0 aliphatic carbocycles. The molecule has 3 aromatic rings. The summed E-state index contributed by atoms with van der Waals surface area (Å²) >= 11 is 0. The monoisotopic (exact) mass is 506 g/mol. The third kappa shape index (κ3) is 6.45. The van der Waals surface area contributed by atoms with Crippen LogP contribution in [0, 0.1) is 0 Å². The summed E-state index contributed by atoms with van der Waals surface area (Å²) in [6.45, 7) is 2.10. The fraction of sp³-hybridized carbons (Fsp3) is 0.286. The molecule has 29 heavy (non-hydrogen) atoms. The minimum Gasteiger partial charge on any atom is -0.496 e. The second-order valence-corrected chi connectivity index (χ2v) is 6.48. The highest BCUT2D eigenvalue weighted by molar-refractivity contribution is 14.0. The van der Waals surface area contributed by atoms with Crippen LogP contribution in [-0.2, 0) is 19.6 Å². The average Bonchev–Trinajstić information content (AvgIpc) is 3.22. The van der Waals surface area contributed by atoms with Crippen molar-refractivity contribution in [1.29, 1.82) is 0 Å². The summed E-state index contributed by atoms with van der Waals surface area (Å²) in [5.41, 5.74) is 3.48. The fourth-order valence-corrected chi connectivity index (χ4v) is 3.07. The first-order valence-corrected chi connectivity index (χ1v) is 9.13. The number of nitrogens with one attached hydrogen (secondary N) is 1. The van der Waals surface area contributed by atoms with E-state index in [0.29, 0.717) is 19.6 Å². The van der Waals surface area contributed by atoms with Crippen LogP contribution in [-0.4, -0.2) is 46.8 Å². The van der Waals surface area contributed by atoms with Gasteiger partial charge in [0, 0.05) is 32.7 Å². The Bertz CT molecular complexity index is 913. The molecular formula is C21H27IN6O. The summed E-state index contributed by atoms with van der Waals surface area (Å²) in [6, 6.07) is 16.5. The molecule has 0 aliphatic rings. The molecule has 8 heteroatoms. The van der Waals surface area contributed by atoms with E-state index in [1.807, 2.05) is 29.9 Å². The Hall–Kier alpha value is -2.62. The lowest BCUT2D eigenvalue weighted by molar-refractivity contribution is 0.396. The largest absolute Gasteiger partial charge is 0.496 e. The maximum atomic E-state index is 5.45. The van der Waals surface area contributed by atoms with E-state index in [0.717, 1.165) is 17.3 Å². The lowest BCUT2D eigenvalue weighted by Gasteiger charge is -2.23. The predicted molar refractivity (Wildman–Crippen MR) is 126 cm³/mol. The van der Waals surface area contributed by atoms with E-state index in [1.54, 1.807) is 26.8 Å². The van der Waals surface area contributed by atoms with Crippen LogP contribution in [0.2, 0.25) is 0 Å². The number of rotatable bonds is 7. The maximum Gasteiger partial charge on any atom is 0.193 e. The van der Waals surface area contributed by atoms with Crippen molar-refractivity contribution in [1.82, 2.24) is 25.0 Å². The molecule has 0 amide bonds. The van der Waals surface area contributed by atoms with Crippen molar-refractivity contribution < 1.29 is 4.74 Å². The standard InChI is InChI=1S/C21H26N6O.HI/c1-22-21(26(2)14-19-9-4-5-10-20(19)28-3)24-12-17-7-6-8-18(11-17)13-27-16-23-15-25-27;/h4-11,15-16H,12-14H2,1-3H3,(H,22,24);1H. The second kappa shape index (κ2) is 11.4. The van der Waals surface area contributed by atoms with E-state index in [2.05, 4.69) is 55.6 Å². The number of para-hydroxylation sites is 1. The lowest BCUT2D eigenvalue weighted by Crippen LogP contribution is -2.38. The molecule has 0 unspecified atom stereocenters. The molecule has 0 saturated carbocycles. The summed E-state index contributed by atoms with van der Waals surface area (Å²) in [5.74, 6) is 1.71. The zero-order valence-electron chi connectivity index (χ0n) is 16.9. The van der Waals surface area contributed by atoms with E-state index in [-0.39, 0.29) is 24.0 Å². The topological polar surface area (TPSA) is 67.6 Å². The van der Waals surface area contributed by atoms with Crippen molar-refractivity contribution in [2.75, 3.05) is 21.2 Å². The Balaban J connectivity index is 0.00000300. The van der Waals surface area contributed by atoms with Crippen molar-refractivity contribution in [2.45, 2.75) is 19.6 Å². The highest BCUT2D eigenvalue weighted by Gasteiger charge is 2.10. The summed E-state index contributed by atoms with van der Waals surface area (Å²) in [4.78, 5) is 10.5. The van der Waals surface area contributed by atoms with Crippen LogP contribution >= 0.6 is 24.0 Å². The number of nitrogens with zero attached hydrogens (tertiary/aromatic N) is 5. The minimum atomic E-state index is 0. The van der Waals surface area contributed by atoms with Gasteiger partial charge in [-0.25, -0.2) is 9.67 Å². The molecule has 1 aromatic heterocycles. The molecular weight excluding hydrogens is 479 g/mol. The molecule has 0 atom stereocenters. The lowest BCUT2D eigenvalue weighted by atomic mass is 10.1. The van der Waals surface area contributed by atoms with E-state index in [4.69, 9.17) is 4.74 Å². The number of aromatic nitrogens is 3. The first-order valence-electron chi connectivity index (χ1n) is 9.13. The normalized spacial score (nSPS) is 10.9. The van der Waals surface area contributed by atoms with E-state index < -0.39 is 0 Å². The summed E-state index contributed by atoms with van der Waals surface area (Å²) in [5, 5.41) is 7.59. The highest BCUT2D eigenvalue weighted by Crippen LogP contribution is 2.18. The Kier molecular flexibility index (Phi) is 8.91. The first-order chi connectivity index (χ1) is 13.7. The number of benzene rings is 2. The van der Waals surface area contributed by atoms with Gasteiger partial charge in [0.25, 0.3) is 0 Å². The third-order valence-electron chi connectivity index (χ3n) is 4.43. The quantitative estimate of drug-likeness (QED) is 0.303. The van der Waals surface area contributed by atoms with Crippen molar-refractivity contribution in [3.05, 3.63) is 77.9 Å². The van der Waals surface area contributed by atoms with Crippen LogP contribution in [0.5, 0.6) is 5.75 Å². The molecule has 7 nitrogen and oxygen atoms in total. The van der Waals surface area contributed by atoms with Crippen molar-refractivity contribution in [3.63, 3.8) is 0 Å². The maximum absolute atomic E-state index is 5.45. The van der Waals surface area contributed by atoms with Gasteiger partial charge in [-0.1, -0.05) is 42.5 Å². The van der Waals surface area contributed by atoms with Gasteiger partial charge in [-0.2, -0.15) is 5.10 Å². The Labute approximate surface area is 188 Å². The van der Waals surface area contributed by atoms with Gasteiger partial charge < -0.3 is 15.0 Å². The Morgan fingerprint density at radius 3 is 2.69 bits per heavy atom. The minimum absolute atomic E-state index is 0. The summed E-state index contributed by atoms with van der Waals surface area (Å²) < 4.78 is 7.26. The van der Waals surface area contributed by atoms with Gasteiger partial charge in [0.2, 0.25) is 0 Å². The Morgan fingerprint density at radius 2 is 1.97 bits per heavy atom. The average molecular weight is 506 g/mol. The number of hydrogen-bond donors (Lipinski definition) is 1. The van der Waals surface area contributed by atoms with E-state index >= 15 is 0 Å². The molecule has 2 aromatic carbocycles. The van der Waals surface area contributed by atoms with Gasteiger partial charge >= 0.3 is 0 Å². The van der Waals surface area contributed by atoms with Gasteiger partial charge in [-0.15, -0.1) is 24.0 Å². The molecule has 1 N–H and O–H groups in total. The van der Waals surface area contributed by atoms with E-state index in [1.165, 1.54) is 11.1 Å². The molecule has 0 fully saturated rings. The van der Waals surface area contributed by atoms with Crippen LogP contribution < -0.4 is 10.1 Å². The van der Waals surface area contributed by atoms with Crippen LogP contribution in [0.4, 0.5) is 0 Å². The smallest absolute Gasteiger partial charge is 0.193 e. The third-order valence-corrected chi connectivity index (χ3v) is 4.43. The van der Waals surface area contributed by atoms with Crippen LogP contribution in [0.1, 0.15) is 16.7 Å². The molecule has 0 bridgehead atoms. The number of guanidine groups is 1. The second-order valence-electron chi connectivity index (χ2n) is 6.48. The van der Waals surface area contributed by atoms with Crippen molar-refractivity contribution >= 4 is 29.9 Å². The van der Waals surface area contributed by atoms with Gasteiger partial charge in [-0.3, -0.25) is 4.99 Å². The van der Waals surface area contributed by atoms with Crippen LogP contribution in [0.15, 0.2) is 66.2 Å². The fourth-order valence-electron chi connectivity index (χ4n) is 3.07. The highest BCUT2D eigenvalue weighted by atomic mass is 127.